The smallest absolute Gasteiger partial charge is 0.251 e. The summed E-state index contributed by atoms with van der Waals surface area (Å²) in [5.41, 5.74) is 7.61. The monoisotopic (exact) mass is 334 g/mol. The molecular formula is C15H15BrN2O2. The lowest BCUT2D eigenvalue weighted by Gasteiger charge is -2.17. The summed E-state index contributed by atoms with van der Waals surface area (Å²) in [5, 5.41) is 12.2. The zero-order chi connectivity index (χ0) is 14.5. The Labute approximate surface area is 125 Å². The molecule has 0 aromatic heterocycles. The standard InChI is InChI=1S/C15H15BrN2O2/c16-12-8-11(6-7-13(12)17)15(20)18-14(9-19)10-4-2-1-3-5-10/h1-8,14,19H,9,17H2,(H,18,20)/t14-/m0/s1. The lowest BCUT2D eigenvalue weighted by atomic mass is 10.1. The highest BCUT2D eigenvalue weighted by Crippen LogP contribution is 2.21. The van der Waals surface area contributed by atoms with Gasteiger partial charge in [-0.3, -0.25) is 4.79 Å². The molecule has 0 aliphatic rings. The van der Waals surface area contributed by atoms with Crippen molar-refractivity contribution in [2.45, 2.75) is 6.04 Å². The van der Waals surface area contributed by atoms with Crippen LogP contribution in [0.3, 0.4) is 0 Å². The summed E-state index contributed by atoms with van der Waals surface area (Å²) in [7, 11) is 0. The summed E-state index contributed by atoms with van der Waals surface area (Å²) in [6.07, 6.45) is 0. The van der Waals surface area contributed by atoms with E-state index in [1.54, 1.807) is 18.2 Å². The van der Waals surface area contributed by atoms with E-state index in [1.807, 2.05) is 30.3 Å². The minimum Gasteiger partial charge on any atom is -0.398 e. The van der Waals surface area contributed by atoms with Crippen LogP contribution in [0.5, 0.6) is 0 Å². The second-order valence-corrected chi connectivity index (χ2v) is 5.21. The van der Waals surface area contributed by atoms with Crippen LogP contribution >= 0.6 is 15.9 Å². The molecule has 0 bridgehead atoms. The number of rotatable bonds is 4. The van der Waals surface area contributed by atoms with Crippen molar-refractivity contribution in [2.24, 2.45) is 0 Å². The average molecular weight is 335 g/mol. The molecule has 4 nitrogen and oxygen atoms in total. The molecule has 0 spiro atoms. The number of carbonyl (C=O) groups is 1. The summed E-state index contributed by atoms with van der Waals surface area (Å²) in [5.74, 6) is -0.256. The number of benzene rings is 2. The quantitative estimate of drug-likeness (QED) is 0.752. The van der Waals surface area contributed by atoms with Crippen molar-refractivity contribution in [1.29, 1.82) is 0 Å². The number of amides is 1. The molecule has 2 aromatic carbocycles. The molecular weight excluding hydrogens is 320 g/mol. The third-order valence-corrected chi connectivity index (χ3v) is 3.64. The largest absolute Gasteiger partial charge is 0.398 e. The minimum atomic E-state index is -0.431. The molecule has 5 heteroatoms. The van der Waals surface area contributed by atoms with Crippen molar-refractivity contribution in [2.75, 3.05) is 12.3 Å². The third-order valence-electron chi connectivity index (χ3n) is 2.95. The van der Waals surface area contributed by atoms with Crippen LogP contribution in [0, 0.1) is 0 Å². The van der Waals surface area contributed by atoms with Gasteiger partial charge in [0.1, 0.15) is 0 Å². The number of halogens is 1. The highest BCUT2D eigenvalue weighted by atomic mass is 79.9. The first kappa shape index (κ1) is 14.6. The maximum absolute atomic E-state index is 12.2. The van der Waals surface area contributed by atoms with Gasteiger partial charge in [0.05, 0.1) is 12.6 Å². The highest BCUT2D eigenvalue weighted by Gasteiger charge is 2.15. The fourth-order valence-corrected chi connectivity index (χ4v) is 2.21. The van der Waals surface area contributed by atoms with Crippen LogP contribution in [0.1, 0.15) is 22.0 Å². The van der Waals surface area contributed by atoms with Gasteiger partial charge in [-0.25, -0.2) is 0 Å². The molecule has 2 rings (SSSR count). The first-order chi connectivity index (χ1) is 9.61. The molecule has 1 atom stereocenters. The Kier molecular flexibility index (Phi) is 4.76. The molecule has 0 unspecified atom stereocenters. The van der Waals surface area contributed by atoms with Gasteiger partial charge in [-0.1, -0.05) is 30.3 Å². The van der Waals surface area contributed by atoms with E-state index in [2.05, 4.69) is 21.2 Å². The van der Waals surface area contributed by atoms with Gasteiger partial charge in [0.2, 0.25) is 0 Å². The van der Waals surface area contributed by atoms with E-state index in [4.69, 9.17) is 5.73 Å². The first-order valence-electron chi connectivity index (χ1n) is 6.13. The predicted octanol–water partition coefficient (Wildman–Crippen LogP) is 2.49. The van der Waals surface area contributed by atoms with Crippen molar-refractivity contribution >= 4 is 27.5 Å². The van der Waals surface area contributed by atoms with Crippen molar-refractivity contribution in [1.82, 2.24) is 5.32 Å². The number of nitrogens with one attached hydrogen (secondary N) is 1. The normalized spacial score (nSPS) is 11.9. The number of hydrogen-bond acceptors (Lipinski definition) is 3. The molecule has 4 N–H and O–H groups in total. The molecule has 2 aromatic rings. The van der Waals surface area contributed by atoms with Gasteiger partial charge < -0.3 is 16.2 Å². The van der Waals surface area contributed by atoms with Gasteiger partial charge in [-0.2, -0.15) is 0 Å². The average Bonchev–Trinajstić information content (AvgIpc) is 2.48. The van der Waals surface area contributed by atoms with Gasteiger partial charge in [0, 0.05) is 15.7 Å². The highest BCUT2D eigenvalue weighted by molar-refractivity contribution is 9.10. The summed E-state index contributed by atoms with van der Waals surface area (Å²) >= 11 is 3.29. The number of hydrogen-bond donors (Lipinski definition) is 3. The second-order valence-electron chi connectivity index (χ2n) is 4.36. The zero-order valence-corrected chi connectivity index (χ0v) is 12.3. The maximum Gasteiger partial charge on any atom is 0.251 e. The molecule has 20 heavy (non-hydrogen) atoms. The van der Waals surface area contributed by atoms with Crippen molar-refractivity contribution in [3.05, 3.63) is 64.1 Å². The Morgan fingerprint density at radius 3 is 2.55 bits per heavy atom. The third kappa shape index (κ3) is 3.37. The van der Waals surface area contributed by atoms with Crippen LogP contribution in [0.2, 0.25) is 0 Å². The second kappa shape index (κ2) is 6.54. The van der Waals surface area contributed by atoms with E-state index in [1.165, 1.54) is 0 Å². The summed E-state index contributed by atoms with van der Waals surface area (Å²) in [6.45, 7) is -0.161. The molecule has 0 aliphatic heterocycles. The van der Waals surface area contributed by atoms with Crippen molar-refractivity contribution < 1.29 is 9.90 Å². The Morgan fingerprint density at radius 1 is 1.25 bits per heavy atom. The molecule has 0 aliphatic carbocycles. The summed E-state index contributed by atoms with van der Waals surface area (Å²) in [4.78, 5) is 12.2. The number of carbonyl (C=O) groups excluding carboxylic acids is 1. The molecule has 1 amide bonds. The molecule has 0 radical (unpaired) electrons. The van der Waals surface area contributed by atoms with Crippen LogP contribution in [0.25, 0.3) is 0 Å². The first-order valence-corrected chi connectivity index (χ1v) is 6.93. The predicted molar refractivity (Wildman–Crippen MR) is 82.3 cm³/mol. The van der Waals surface area contributed by atoms with Gasteiger partial charge >= 0.3 is 0 Å². The number of nitrogen functional groups attached to an aromatic ring is 1. The van der Waals surface area contributed by atoms with E-state index in [0.29, 0.717) is 15.7 Å². The fourth-order valence-electron chi connectivity index (χ4n) is 1.83. The molecule has 0 heterocycles. The number of aliphatic hydroxyl groups excluding tert-OH is 1. The Morgan fingerprint density at radius 2 is 1.95 bits per heavy atom. The van der Waals surface area contributed by atoms with Crippen LogP contribution in [0.15, 0.2) is 53.0 Å². The molecule has 0 saturated heterocycles. The van der Waals surface area contributed by atoms with E-state index in [0.717, 1.165) is 5.56 Å². The van der Waals surface area contributed by atoms with Crippen LogP contribution in [-0.2, 0) is 0 Å². The van der Waals surface area contributed by atoms with E-state index >= 15 is 0 Å². The fraction of sp³-hybridized carbons (Fsp3) is 0.133. The topological polar surface area (TPSA) is 75.4 Å². The number of anilines is 1. The van der Waals surface area contributed by atoms with Gasteiger partial charge in [0.25, 0.3) is 5.91 Å². The van der Waals surface area contributed by atoms with Crippen LogP contribution in [0.4, 0.5) is 5.69 Å². The van der Waals surface area contributed by atoms with E-state index in [-0.39, 0.29) is 12.5 Å². The lowest BCUT2D eigenvalue weighted by Crippen LogP contribution is -2.30. The number of aliphatic hydroxyl groups is 1. The van der Waals surface area contributed by atoms with Crippen molar-refractivity contribution in [3.63, 3.8) is 0 Å². The molecule has 0 saturated carbocycles. The molecule has 104 valence electrons. The summed E-state index contributed by atoms with van der Waals surface area (Å²) in [6, 6.07) is 13.9. The minimum absolute atomic E-state index is 0.161. The van der Waals surface area contributed by atoms with Gasteiger partial charge in [-0.15, -0.1) is 0 Å². The SMILES string of the molecule is Nc1ccc(C(=O)N[C@@H](CO)c2ccccc2)cc1Br. The van der Waals surface area contributed by atoms with Crippen LogP contribution in [-0.4, -0.2) is 17.6 Å². The maximum atomic E-state index is 12.2. The number of nitrogens with two attached hydrogens (primary N) is 1. The van der Waals surface area contributed by atoms with E-state index < -0.39 is 6.04 Å². The van der Waals surface area contributed by atoms with E-state index in [9.17, 15) is 9.90 Å². The lowest BCUT2D eigenvalue weighted by molar-refractivity contribution is 0.0916. The Balaban J connectivity index is 2.15. The molecule has 0 fully saturated rings. The summed E-state index contributed by atoms with van der Waals surface area (Å²) < 4.78 is 0.672. The zero-order valence-electron chi connectivity index (χ0n) is 10.7. The van der Waals surface area contributed by atoms with Gasteiger partial charge in [-0.05, 0) is 39.7 Å². The Bertz CT molecular complexity index is 602. The van der Waals surface area contributed by atoms with Crippen LogP contribution < -0.4 is 11.1 Å². The Hall–Kier alpha value is -1.85. The van der Waals surface area contributed by atoms with Crippen molar-refractivity contribution in [3.8, 4) is 0 Å². The van der Waals surface area contributed by atoms with Gasteiger partial charge in [0.15, 0.2) is 0 Å².